The lowest BCUT2D eigenvalue weighted by molar-refractivity contribution is -0.134. The van der Waals surface area contributed by atoms with E-state index in [0.717, 1.165) is 28.3 Å². The number of fused-ring (bicyclic) bond motifs is 1. The molecule has 0 radical (unpaired) electrons. The molecule has 1 amide bonds. The predicted molar refractivity (Wildman–Crippen MR) is 127 cm³/mol. The van der Waals surface area contributed by atoms with Crippen molar-refractivity contribution in [2.24, 2.45) is 0 Å². The van der Waals surface area contributed by atoms with E-state index in [9.17, 15) is 4.79 Å². The molecule has 0 saturated carbocycles. The van der Waals surface area contributed by atoms with Gasteiger partial charge < -0.3 is 14.4 Å². The maximum absolute atomic E-state index is 12.8. The second kappa shape index (κ2) is 10.4. The van der Waals surface area contributed by atoms with E-state index < -0.39 is 0 Å². The molecule has 0 saturated heterocycles. The molecule has 7 heteroatoms. The minimum Gasteiger partial charge on any atom is -0.484 e. The van der Waals surface area contributed by atoms with Gasteiger partial charge in [-0.15, -0.1) is 11.3 Å². The number of aryl methyl sites for hydroxylation is 1. The minimum atomic E-state index is -0.0525. The van der Waals surface area contributed by atoms with Gasteiger partial charge in [-0.25, -0.2) is 4.98 Å². The van der Waals surface area contributed by atoms with Crippen molar-refractivity contribution in [3.05, 3.63) is 77.4 Å². The Labute approximate surface area is 192 Å². The van der Waals surface area contributed by atoms with Crippen LogP contribution in [0.15, 0.2) is 66.2 Å². The number of methoxy groups -OCH3 is 1. The molecule has 4 rings (SSSR count). The fourth-order valence-corrected chi connectivity index (χ4v) is 4.35. The number of aromatic nitrogens is 2. The fourth-order valence-electron chi connectivity index (χ4n) is 3.44. The van der Waals surface area contributed by atoms with E-state index in [1.54, 1.807) is 23.3 Å². The topological polar surface area (TPSA) is 56.1 Å². The normalized spacial score (nSPS) is 11.1. The van der Waals surface area contributed by atoms with Crippen molar-refractivity contribution in [3.8, 4) is 17.0 Å². The van der Waals surface area contributed by atoms with Gasteiger partial charge in [-0.3, -0.25) is 9.20 Å². The lowest BCUT2D eigenvalue weighted by Gasteiger charge is -2.22. The highest BCUT2D eigenvalue weighted by atomic mass is 32.1. The lowest BCUT2D eigenvalue weighted by Crippen LogP contribution is -2.38. The Hall–Kier alpha value is -3.16. The van der Waals surface area contributed by atoms with Gasteiger partial charge in [0.2, 0.25) is 0 Å². The van der Waals surface area contributed by atoms with E-state index >= 15 is 0 Å². The maximum atomic E-state index is 12.8. The van der Waals surface area contributed by atoms with Crippen LogP contribution in [0, 0.1) is 6.92 Å². The molecule has 0 bridgehead atoms. The number of carbonyl (C=O) groups excluding carboxylic acids is 1. The van der Waals surface area contributed by atoms with Crippen LogP contribution >= 0.6 is 11.3 Å². The highest BCUT2D eigenvalue weighted by Gasteiger charge is 2.16. The Balaban J connectivity index is 1.42. The van der Waals surface area contributed by atoms with E-state index in [4.69, 9.17) is 14.5 Å². The van der Waals surface area contributed by atoms with Gasteiger partial charge in [-0.05, 0) is 19.1 Å². The summed E-state index contributed by atoms with van der Waals surface area (Å²) in [5.41, 5.74) is 4.43. The summed E-state index contributed by atoms with van der Waals surface area (Å²) in [5.74, 6) is 0.637. The number of hydrogen-bond donors (Lipinski definition) is 0. The fraction of sp³-hybridized carbons (Fsp3) is 0.280. The summed E-state index contributed by atoms with van der Waals surface area (Å²) >= 11 is 1.62. The summed E-state index contributed by atoms with van der Waals surface area (Å²) in [6.07, 6.45) is 2.80. The third kappa shape index (κ3) is 5.36. The van der Waals surface area contributed by atoms with Crippen LogP contribution in [0.25, 0.3) is 16.2 Å². The van der Waals surface area contributed by atoms with Crippen LogP contribution < -0.4 is 4.74 Å². The van der Waals surface area contributed by atoms with E-state index in [2.05, 4.69) is 47.2 Å². The predicted octanol–water partition coefficient (Wildman–Crippen LogP) is 4.47. The Morgan fingerprint density at radius 3 is 2.62 bits per heavy atom. The molecule has 0 N–H and O–H groups in total. The van der Waals surface area contributed by atoms with Crippen molar-refractivity contribution in [2.75, 3.05) is 33.4 Å². The number of hydrogen-bond acceptors (Lipinski definition) is 5. The zero-order valence-corrected chi connectivity index (χ0v) is 19.2. The van der Waals surface area contributed by atoms with Crippen LogP contribution in [-0.4, -0.2) is 53.6 Å². The van der Waals surface area contributed by atoms with Gasteiger partial charge in [0, 0.05) is 49.5 Å². The number of benzene rings is 2. The molecule has 2 aromatic carbocycles. The Bertz CT molecular complexity index is 1150. The number of nitrogens with zero attached hydrogens (tertiary/aromatic N) is 3. The number of carbonyl (C=O) groups is 1. The van der Waals surface area contributed by atoms with Crippen LogP contribution in [0.5, 0.6) is 5.75 Å². The van der Waals surface area contributed by atoms with Crippen molar-refractivity contribution in [1.29, 1.82) is 0 Å². The van der Waals surface area contributed by atoms with Gasteiger partial charge in [0.1, 0.15) is 5.75 Å². The standard InChI is InChI=1S/C25H27N3O3S/c1-19-8-10-20(11-9-19)23-16-28-21(18-32-25(28)26-23)12-13-27(14-15-30-2)24(29)17-31-22-6-4-3-5-7-22/h3-11,16,18H,12-15,17H2,1-2H3. The number of para-hydroxylation sites is 1. The zero-order chi connectivity index (χ0) is 22.3. The highest BCUT2D eigenvalue weighted by molar-refractivity contribution is 7.15. The van der Waals surface area contributed by atoms with Gasteiger partial charge >= 0.3 is 0 Å². The lowest BCUT2D eigenvalue weighted by atomic mass is 10.1. The van der Waals surface area contributed by atoms with Gasteiger partial charge in [0.25, 0.3) is 5.91 Å². The first-order valence-corrected chi connectivity index (χ1v) is 11.5. The first-order valence-electron chi connectivity index (χ1n) is 10.6. The molecule has 0 aliphatic carbocycles. The SMILES string of the molecule is COCCN(CCc1csc2nc(-c3ccc(C)cc3)cn12)C(=O)COc1ccccc1. The molecule has 2 heterocycles. The molecule has 0 spiro atoms. The van der Waals surface area contributed by atoms with Gasteiger partial charge in [0.15, 0.2) is 11.6 Å². The molecule has 0 aliphatic rings. The van der Waals surface area contributed by atoms with Gasteiger partial charge in [-0.2, -0.15) is 0 Å². The molecule has 4 aromatic rings. The van der Waals surface area contributed by atoms with E-state index in [-0.39, 0.29) is 12.5 Å². The van der Waals surface area contributed by atoms with Crippen LogP contribution in [0.2, 0.25) is 0 Å². The first-order chi connectivity index (χ1) is 15.6. The van der Waals surface area contributed by atoms with Gasteiger partial charge in [0.05, 0.1) is 12.3 Å². The molecule has 6 nitrogen and oxygen atoms in total. The number of rotatable bonds is 10. The van der Waals surface area contributed by atoms with Crippen molar-refractivity contribution in [3.63, 3.8) is 0 Å². The van der Waals surface area contributed by atoms with Gasteiger partial charge in [-0.1, -0.05) is 48.0 Å². The summed E-state index contributed by atoms with van der Waals surface area (Å²) in [6.45, 7) is 3.69. The maximum Gasteiger partial charge on any atom is 0.260 e. The molecule has 2 aromatic heterocycles. The monoisotopic (exact) mass is 449 g/mol. The Kier molecular flexibility index (Phi) is 7.19. The Morgan fingerprint density at radius 2 is 1.88 bits per heavy atom. The molecular weight excluding hydrogens is 422 g/mol. The molecule has 0 aliphatic heterocycles. The molecule has 0 fully saturated rings. The largest absolute Gasteiger partial charge is 0.484 e. The number of imidazole rings is 1. The minimum absolute atomic E-state index is 0.00935. The number of amides is 1. The zero-order valence-electron chi connectivity index (χ0n) is 18.4. The molecule has 0 unspecified atom stereocenters. The average molecular weight is 450 g/mol. The van der Waals surface area contributed by atoms with Crippen LogP contribution in [0.1, 0.15) is 11.3 Å². The first kappa shape index (κ1) is 22.0. The second-order valence-electron chi connectivity index (χ2n) is 7.60. The van der Waals surface area contributed by atoms with Crippen LogP contribution in [-0.2, 0) is 16.0 Å². The Morgan fingerprint density at radius 1 is 1.09 bits per heavy atom. The summed E-state index contributed by atoms with van der Waals surface area (Å²) in [6, 6.07) is 17.8. The van der Waals surface area contributed by atoms with Crippen LogP contribution in [0.3, 0.4) is 0 Å². The van der Waals surface area contributed by atoms with E-state index in [0.29, 0.717) is 25.4 Å². The summed E-state index contributed by atoms with van der Waals surface area (Å²) in [5, 5.41) is 2.11. The average Bonchev–Trinajstić information content (AvgIpc) is 3.40. The smallest absolute Gasteiger partial charge is 0.260 e. The van der Waals surface area contributed by atoms with Crippen molar-refractivity contribution in [1.82, 2.24) is 14.3 Å². The van der Waals surface area contributed by atoms with E-state index in [1.807, 2.05) is 30.3 Å². The highest BCUT2D eigenvalue weighted by Crippen LogP contribution is 2.24. The van der Waals surface area contributed by atoms with Crippen LogP contribution in [0.4, 0.5) is 0 Å². The van der Waals surface area contributed by atoms with Crippen molar-refractivity contribution in [2.45, 2.75) is 13.3 Å². The molecule has 32 heavy (non-hydrogen) atoms. The number of thiazole rings is 1. The molecule has 166 valence electrons. The summed E-state index contributed by atoms with van der Waals surface area (Å²) in [7, 11) is 1.64. The molecule has 0 atom stereocenters. The third-order valence-corrected chi connectivity index (χ3v) is 6.18. The van der Waals surface area contributed by atoms with Crippen molar-refractivity contribution < 1.29 is 14.3 Å². The number of ether oxygens (including phenoxy) is 2. The summed E-state index contributed by atoms with van der Waals surface area (Å²) < 4.78 is 13.0. The summed E-state index contributed by atoms with van der Waals surface area (Å²) in [4.78, 5) is 20.3. The second-order valence-corrected chi connectivity index (χ2v) is 8.43. The quantitative estimate of drug-likeness (QED) is 0.359. The van der Waals surface area contributed by atoms with E-state index in [1.165, 1.54) is 5.56 Å². The van der Waals surface area contributed by atoms with Crippen molar-refractivity contribution >= 4 is 22.2 Å². The molecular formula is C25H27N3O3S. The third-order valence-electron chi connectivity index (χ3n) is 5.29.